The molecular formula is C20H32N4+2. The molecule has 0 amide bonds. The van der Waals surface area contributed by atoms with E-state index in [4.69, 9.17) is 0 Å². The molecule has 4 unspecified atom stereocenters. The van der Waals surface area contributed by atoms with Gasteiger partial charge in [-0.15, -0.1) is 0 Å². The lowest BCUT2D eigenvalue weighted by Crippen LogP contribution is -2.86. The van der Waals surface area contributed by atoms with Crippen LogP contribution >= 0.6 is 0 Å². The molecule has 4 aliphatic rings. The summed E-state index contributed by atoms with van der Waals surface area (Å²) >= 11 is 0. The van der Waals surface area contributed by atoms with Gasteiger partial charge in [-0.25, -0.2) is 9.80 Å². The zero-order valence-corrected chi connectivity index (χ0v) is 15.1. The molecule has 4 aliphatic heterocycles. The molecule has 4 atom stereocenters. The second-order valence-corrected chi connectivity index (χ2v) is 8.84. The minimum absolute atomic E-state index is 0.715. The number of likely N-dealkylation sites (N-methyl/N-ethyl adjacent to an activating group) is 1. The van der Waals surface area contributed by atoms with Crippen molar-refractivity contribution in [3.63, 3.8) is 0 Å². The topological polar surface area (TPSA) is 6.48 Å². The van der Waals surface area contributed by atoms with E-state index in [1.165, 1.54) is 86.3 Å². The molecule has 0 bridgehead atoms. The number of benzene rings is 1. The predicted molar refractivity (Wildman–Crippen MR) is 96.0 cm³/mol. The van der Waals surface area contributed by atoms with E-state index >= 15 is 0 Å². The summed E-state index contributed by atoms with van der Waals surface area (Å²) in [5.74, 6) is 0. The molecule has 1 aromatic rings. The van der Waals surface area contributed by atoms with Gasteiger partial charge in [0.1, 0.15) is 6.54 Å². The molecule has 1 aromatic carbocycles. The van der Waals surface area contributed by atoms with Gasteiger partial charge in [0.25, 0.3) is 0 Å². The van der Waals surface area contributed by atoms with E-state index in [0.717, 1.165) is 6.17 Å². The second kappa shape index (κ2) is 5.53. The SMILES string of the molecule is C[N+]12CCCN3CC[N+]4(Cc5ccccc5)CCCN(CC1)C4C32. The zero-order chi connectivity index (χ0) is 16.2. The third-order valence-electron chi connectivity index (χ3n) is 7.45. The minimum Gasteiger partial charge on any atom is -0.304 e. The molecule has 4 heterocycles. The highest BCUT2D eigenvalue weighted by molar-refractivity contribution is 5.13. The van der Waals surface area contributed by atoms with Crippen LogP contribution in [0.3, 0.4) is 0 Å². The van der Waals surface area contributed by atoms with Crippen LogP contribution < -0.4 is 0 Å². The maximum Gasteiger partial charge on any atom is 0.214 e. The first-order chi connectivity index (χ1) is 11.7. The van der Waals surface area contributed by atoms with Gasteiger partial charge in [0.05, 0.1) is 46.3 Å². The molecule has 0 spiro atoms. The number of hydrogen-bond acceptors (Lipinski definition) is 2. The molecule has 0 saturated carbocycles. The van der Waals surface area contributed by atoms with Crippen molar-refractivity contribution in [3.05, 3.63) is 35.9 Å². The van der Waals surface area contributed by atoms with Gasteiger partial charge in [0.2, 0.25) is 12.3 Å². The van der Waals surface area contributed by atoms with Crippen LogP contribution in [0.15, 0.2) is 30.3 Å². The molecule has 130 valence electrons. The Bertz CT molecular complexity index is 605. The quantitative estimate of drug-likeness (QED) is 0.760. The van der Waals surface area contributed by atoms with Gasteiger partial charge in [-0.2, -0.15) is 0 Å². The summed E-state index contributed by atoms with van der Waals surface area (Å²) in [4.78, 5) is 5.72. The van der Waals surface area contributed by atoms with E-state index in [1.54, 1.807) is 0 Å². The van der Waals surface area contributed by atoms with Crippen LogP contribution in [0.1, 0.15) is 18.4 Å². The van der Waals surface area contributed by atoms with Crippen LogP contribution in [0.4, 0.5) is 0 Å². The molecule has 0 aromatic heterocycles. The summed E-state index contributed by atoms with van der Waals surface area (Å²) in [7, 11) is 2.55. The fraction of sp³-hybridized carbons (Fsp3) is 0.700. The van der Waals surface area contributed by atoms with Crippen molar-refractivity contribution >= 4 is 0 Å². The third-order valence-corrected chi connectivity index (χ3v) is 7.45. The van der Waals surface area contributed by atoms with Gasteiger partial charge in [-0.1, -0.05) is 30.3 Å². The fourth-order valence-electron chi connectivity index (χ4n) is 6.33. The Morgan fingerprint density at radius 2 is 1.54 bits per heavy atom. The Morgan fingerprint density at radius 3 is 2.38 bits per heavy atom. The summed E-state index contributed by atoms with van der Waals surface area (Å²) in [5, 5.41) is 0. The van der Waals surface area contributed by atoms with E-state index in [-0.39, 0.29) is 0 Å². The van der Waals surface area contributed by atoms with Crippen LogP contribution in [0.25, 0.3) is 0 Å². The van der Waals surface area contributed by atoms with Gasteiger partial charge >= 0.3 is 0 Å². The Balaban J connectivity index is 1.54. The Kier molecular flexibility index (Phi) is 3.53. The van der Waals surface area contributed by atoms with Crippen molar-refractivity contribution in [1.82, 2.24) is 9.80 Å². The standard InChI is InChI=1S/C20H32N4/c1-23-13-5-9-21-12-16-24(17-18-7-3-2-4-8-18)14-6-10-22(11-15-23)20(24)19(21)23/h2-4,7-8,19-20H,5-6,9-17H2,1H3/q+2. The number of nitrogens with zero attached hydrogens (tertiary/aromatic N) is 4. The van der Waals surface area contributed by atoms with Crippen molar-refractivity contribution in [2.45, 2.75) is 31.7 Å². The number of hydrogen-bond donors (Lipinski definition) is 0. The maximum atomic E-state index is 2.87. The lowest BCUT2D eigenvalue weighted by molar-refractivity contribution is -1.05. The molecule has 4 saturated heterocycles. The highest BCUT2D eigenvalue weighted by Crippen LogP contribution is 2.41. The minimum atomic E-state index is 0.715. The molecule has 5 rings (SSSR count). The van der Waals surface area contributed by atoms with Crippen molar-refractivity contribution in [3.8, 4) is 0 Å². The summed E-state index contributed by atoms with van der Waals surface area (Å²) in [6.07, 6.45) is 4.20. The molecular weight excluding hydrogens is 296 g/mol. The van der Waals surface area contributed by atoms with Crippen LogP contribution in [-0.4, -0.2) is 90.5 Å². The van der Waals surface area contributed by atoms with Gasteiger partial charge in [0, 0.05) is 31.5 Å². The molecule has 4 heteroatoms. The smallest absolute Gasteiger partial charge is 0.214 e. The number of piperazine rings is 2. The summed E-state index contributed by atoms with van der Waals surface area (Å²) in [5.41, 5.74) is 1.53. The molecule has 4 nitrogen and oxygen atoms in total. The Morgan fingerprint density at radius 1 is 0.833 bits per heavy atom. The third kappa shape index (κ3) is 2.20. The first-order valence-electron chi connectivity index (χ1n) is 9.92. The number of quaternary nitrogens is 2. The molecule has 0 radical (unpaired) electrons. The van der Waals surface area contributed by atoms with Gasteiger partial charge < -0.3 is 4.48 Å². The lowest BCUT2D eigenvalue weighted by Gasteiger charge is -2.66. The van der Waals surface area contributed by atoms with Gasteiger partial charge in [0.15, 0.2) is 0 Å². The van der Waals surface area contributed by atoms with Crippen molar-refractivity contribution < 1.29 is 8.97 Å². The van der Waals surface area contributed by atoms with E-state index in [1.807, 2.05) is 0 Å². The zero-order valence-electron chi connectivity index (χ0n) is 15.1. The van der Waals surface area contributed by atoms with Crippen LogP contribution in [-0.2, 0) is 6.54 Å². The Hall–Kier alpha value is -0.940. The largest absolute Gasteiger partial charge is 0.304 e. The van der Waals surface area contributed by atoms with Crippen molar-refractivity contribution in [1.29, 1.82) is 0 Å². The monoisotopic (exact) mass is 328 g/mol. The van der Waals surface area contributed by atoms with Gasteiger partial charge in [-0.3, -0.25) is 4.48 Å². The Labute approximate surface area is 146 Å². The fourth-order valence-corrected chi connectivity index (χ4v) is 6.33. The number of rotatable bonds is 2. The average molecular weight is 329 g/mol. The predicted octanol–water partition coefficient (Wildman–Crippen LogP) is 1.54. The maximum absolute atomic E-state index is 2.87. The average Bonchev–Trinajstić information content (AvgIpc) is 2.61. The molecule has 24 heavy (non-hydrogen) atoms. The van der Waals surface area contributed by atoms with Crippen molar-refractivity contribution in [2.24, 2.45) is 0 Å². The summed E-state index contributed by atoms with van der Waals surface area (Å²) in [6, 6.07) is 11.3. The summed E-state index contributed by atoms with van der Waals surface area (Å²) in [6.45, 7) is 11.9. The van der Waals surface area contributed by atoms with E-state index < -0.39 is 0 Å². The molecule has 0 N–H and O–H groups in total. The van der Waals surface area contributed by atoms with Crippen LogP contribution in [0.2, 0.25) is 0 Å². The van der Waals surface area contributed by atoms with E-state index in [9.17, 15) is 0 Å². The van der Waals surface area contributed by atoms with Crippen LogP contribution in [0, 0.1) is 0 Å². The molecule has 4 fully saturated rings. The van der Waals surface area contributed by atoms with Crippen LogP contribution in [0.5, 0.6) is 0 Å². The molecule has 0 aliphatic carbocycles. The highest BCUT2D eigenvalue weighted by Gasteiger charge is 2.62. The van der Waals surface area contributed by atoms with E-state index in [2.05, 4.69) is 47.2 Å². The highest BCUT2D eigenvalue weighted by atomic mass is 15.6. The first-order valence-corrected chi connectivity index (χ1v) is 9.92. The first kappa shape index (κ1) is 15.3. The summed E-state index contributed by atoms with van der Waals surface area (Å²) < 4.78 is 2.62. The van der Waals surface area contributed by atoms with E-state index in [0.29, 0.717) is 6.17 Å². The normalized spacial score (nSPS) is 42.5. The van der Waals surface area contributed by atoms with Gasteiger partial charge in [-0.05, 0) is 0 Å². The lowest BCUT2D eigenvalue weighted by atomic mass is 9.94. The van der Waals surface area contributed by atoms with Crippen molar-refractivity contribution in [2.75, 3.05) is 59.4 Å². The second-order valence-electron chi connectivity index (χ2n) is 8.84.